The fourth-order valence-corrected chi connectivity index (χ4v) is 8.32. The van der Waals surface area contributed by atoms with Crippen LogP contribution < -0.4 is 20.2 Å². The number of aromatic hydroxyl groups is 1. The highest BCUT2D eigenvalue weighted by atomic mass is 16.7. The van der Waals surface area contributed by atoms with Crippen molar-refractivity contribution < 1.29 is 57.8 Å². The van der Waals surface area contributed by atoms with Crippen LogP contribution in [0.25, 0.3) is 33.3 Å². The van der Waals surface area contributed by atoms with E-state index in [9.17, 15) is 34.5 Å². The van der Waals surface area contributed by atoms with Gasteiger partial charge >= 0.3 is 11.8 Å². The van der Waals surface area contributed by atoms with Gasteiger partial charge in [-0.25, -0.2) is 4.98 Å². The Morgan fingerprint density at radius 3 is 2.37 bits per heavy atom. The van der Waals surface area contributed by atoms with Crippen molar-refractivity contribution in [2.24, 2.45) is 23.7 Å². The van der Waals surface area contributed by atoms with Crippen LogP contribution in [0.1, 0.15) is 70.8 Å². The van der Waals surface area contributed by atoms with Crippen molar-refractivity contribution in [1.29, 1.82) is 0 Å². The third-order valence-electron chi connectivity index (χ3n) is 12.2. The molecule has 9 atom stereocenters. The lowest BCUT2D eigenvalue weighted by Gasteiger charge is -2.38. The average Bonchev–Trinajstić information content (AvgIpc) is 3.54. The number of rotatable bonds is 21. The standard InChI is InChI=1S/C49H63N3O13/c1-25(24-53)15-13-16-26(2)41(55)28(4)42(56)29(5)45(63-31(7)54)27(3)34(60-12)19-22-62-49(8)48(59)38-36-37(43(57)30(6)46(38)65-49)44(58)40(50-9)47-39(36)51-33-18-17-32(23-35(33)64-47)61-21-14-20-52(10)11/h13,15-19,22-24,26-29,34,41-42,45,50,55-57H,14,20-21H2,1-12H3/b16-13+,22-19+,25-15-/t26-,27+,28+,29+,34-,41-,42+,45+,49-/m0/s1. The van der Waals surface area contributed by atoms with E-state index in [1.165, 1.54) is 40.2 Å². The van der Waals surface area contributed by atoms with Gasteiger partial charge in [0.25, 0.3) is 5.78 Å². The van der Waals surface area contributed by atoms with Crippen molar-refractivity contribution in [2.45, 2.75) is 92.0 Å². The first-order chi connectivity index (χ1) is 30.7. The Hall–Kier alpha value is -5.81. The van der Waals surface area contributed by atoms with Crippen LogP contribution in [0.2, 0.25) is 0 Å². The molecule has 16 heteroatoms. The molecule has 65 heavy (non-hydrogen) atoms. The molecule has 0 fully saturated rings. The molecule has 0 aromatic heterocycles. The van der Waals surface area contributed by atoms with Crippen LogP contribution in [0.5, 0.6) is 17.2 Å². The minimum Gasteiger partial charge on any atom is -0.507 e. The second kappa shape index (κ2) is 21.0. The summed E-state index contributed by atoms with van der Waals surface area (Å²) < 4.78 is 36.2. The summed E-state index contributed by atoms with van der Waals surface area (Å²) in [5, 5.41) is 37.0. The number of carbonyl (C=O) groups excluding carboxylic acids is 3. The van der Waals surface area contributed by atoms with Gasteiger partial charge in [0.2, 0.25) is 5.43 Å². The Morgan fingerprint density at radius 2 is 1.74 bits per heavy atom. The molecule has 0 radical (unpaired) electrons. The van der Waals surface area contributed by atoms with Crippen molar-refractivity contribution >= 4 is 45.6 Å². The highest BCUT2D eigenvalue weighted by Gasteiger charge is 2.50. The van der Waals surface area contributed by atoms with Crippen molar-refractivity contribution in [3.05, 3.63) is 75.7 Å². The molecule has 2 aromatic carbocycles. The summed E-state index contributed by atoms with van der Waals surface area (Å²) in [4.78, 5) is 59.0. The van der Waals surface area contributed by atoms with E-state index >= 15 is 0 Å². The molecule has 1 aliphatic carbocycles. The zero-order valence-corrected chi connectivity index (χ0v) is 39.3. The highest BCUT2D eigenvalue weighted by Crippen LogP contribution is 2.50. The van der Waals surface area contributed by atoms with Gasteiger partial charge in [-0.05, 0) is 58.1 Å². The molecule has 0 amide bonds. The highest BCUT2D eigenvalue weighted by molar-refractivity contribution is 6.21. The van der Waals surface area contributed by atoms with Gasteiger partial charge in [0.1, 0.15) is 46.5 Å². The number of nitrogens with zero attached hydrogens (tertiary/aromatic N) is 2. The summed E-state index contributed by atoms with van der Waals surface area (Å²) in [5.74, 6) is -5.35. The Kier molecular flexibility index (Phi) is 16.2. The summed E-state index contributed by atoms with van der Waals surface area (Å²) in [6.07, 6.45) is 5.52. The third-order valence-corrected chi connectivity index (χ3v) is 12.2. The number of hydrogen-bond donors (Lipinski definition) is 4. The van der Waals surface area contributed by atoms with Crippen LogP contribution in [0.15, 0.2) is 63.6 Å². The first-order valence-corrected chi connectivity index (χ1v) is 21.7. The number of benzene rings is 3. The largest absolute Gasteiger partial charge is 0.507 e. The molecular formula is C49H63N3O13. The number of fused-ring (bicyclic) bond motifs is 6. The van der Waals surface area contributed by atoms with Gasteiger partial charge < -0.3 is 53.6 Å². The first kappa shape index (κ1) is 50.2. The number of Topliss-reactive ketones (excluding diaryl/α,β-unsaturated/α-hetero) is 1. The predicted octanol–water partition coefficient (Wildman–Crippen LogP) is 6.57. The smallest absolute Gasteiger partial charge is 0.312 e. The first-order valence-electron chi connectivity index (χ1n) is 21.7. The van der Waals surface area contributed by atoms with Gasteiger partial charge in [0.15, 0.2) is 11.3 Å². The van der Waals surface area contributed by atoms with Gasteiger partial charge in [-0.15, -0.1) is 0 Å². The molecule has 4 N–H and O–H groups in total. The number of phenolic OH excluding ortho intramolecular Hbond substituents is 1. The van der Waals surface area contributed by atoms with Gasteiger partial charge in [-0.1, -0.05) is 45.9 Å². The number of esters is 1. The Bertz CT molecular complexity index is 2510. The Balaban J connectivity index is 1.45. The van der Waals surface area contributed by atoms with Crippen LogP contribution >= 0.6 is 0 Å². The van der Waals surface area contributed by atoms with Gasteiger partial charge in [-0.3, -0.25) is 19.2 Å². The molecule has 3 aliphatic rings. The van der Waals surface area contributed by atoms with E-state index in [1.54, 1.807) is 78.1 Å². The molecular weight excluding hydrogens is 839 g/mol. The molecule has 0 bridgehead atoms. The summed E-state index contributed by atoms with van der Waals surface area (Å²) in [7, 11) is 6.96. The lowest BCUT2D eigenvalue weighted by atomic mass is 9.78. The Morgan fingerprint density at radius 1 is 1.03 bits per heavy atom. The summed E-state index contributed by atoms with van der Waals surface area (Å²) in [6.45, 7) is 14.2. The number of aliphatic hydroxyl groups is 2. The number of nitrogens with one attached hydrogen (secondary N) is 1. The number of methoxy groups -OCH3 is 1. The van der Waals surface area contributed by atoms with E-state index in [-0.39, 0.29) is 50.7 Å². The number of ether oxygens (including phenoxy) is 5. The number of aliphatic hydroxyl groups excluding tert-OH is 2. The molecule has 2 aromatic rings. The topological polar surface area (TPSA) is 216 Å². The number of aromatic nitrogens is 1. The minimum atomic E-state index is -1.99. The second-order valence-electron chi connectivity index (χ2n) is 17.3. The zero-order chi connectivity index (χ0) is 48.1. The molecule has 2 aliphatic heterocycles. The molecule has 16 nitrogen and oxygen atoms in total. The summed E-state index contributed by atoms with van der Waals surface area (Å²) >= 11 is 0. The van der Waals surface area contributed by atoms with E-state index in [4.69, 9.17) is 33.1 Å². The van der Waals surface area contributed by atoms with Crippen LogP contribution in [0, 0.1) is 30.6 Å². The maximum Gasteiger partial charge on any atom is 0.312 e. The maximum atomic E-state index is 14.6. The maximum absolute atomic E-state index is 14.6. The average molecular weight is 902 g/mol. The fourth-order valence-electron chi connectivity index (χ4n) is 8.32. The molecule has 5 rings (SSSR count). The number of allylic oxidation sites excluding steroid dienone is 3. The van der Waals surface area contributed by atoms with E-state index in [2.05, 4.69) is 10.2 Å². The monoisotopic (exact) mass is 901 g/mol. The molecule has 0 saturated heterocycles. The number of aldehydes is 1. The summed E-state index contributed by atoms with van der Waals surface area (Å²) in [6, 6.07) is 5.15. The van der Waals surface area contributed by atoms with Crippen molar-refractivity contribution in [1.82, 2.24) is 9.88 Å². The van der Waals surface area contributed by atoms with Gasteiger partial charge in [0, 0.05) is 75.2 Å². The van der Waals surface area contributed by atoms with Gasteiger partial charge in [0.05, 0.1) is 42.1 Å². The van der Waals surface area contributed by atoms with Crippen LogP contribution in [0.3, 0.4) is 0 Å². The lowest BCUT2D eigenvalue weighted by molar-refractivity contribution is -0.160. The van der Waals surface area contributed by atoms with E-state index in [0.29, 0.717) is 29.0 Å². The molecule has 0 spiro atoms. The van der Waals surface area contributed by atoms with Crippen molar-refractivity contribution in [3.63, 3.8) is 0 Å². The van der Waals surface area contributed by atoms with Crippen LogP contribution in [0.4, 0.5) is 5.69 Å². The zero-order valence-electron chi connectivity index (χ0n) is 39.3. The predicted molar refractivity (Wildman–Crippen MR) is 247 cm³/mol. The number of phenols is 1. The normalized spacial score (nSPS) is 19.2. The summed E-state index contributed by atoms with van der Waals surface area (Å²) in [5.41, 5.74) is 0.919. The van der Waals surface area contributed by atoms with E-state index in [1.807, 2.05) is 14.1 Å². The number of hydrogen-bond acceptors (Lipinski definition) is 16. The molecule has 0 saturated carbocycles. The van der Waals surface area contributed by atoms with E-state index < -0.39 is 70.9 Å². The third kappa shape index (κ3) is 10.5. The minimum absolute atomic E-state index is 0.000212. The number of carbonyl (C=O) groups is 3. The number of ketones is 1. The van der Waals surface area contributed by atoms with Crippen molar-refractivity contribution in [2.75, 3.05) is 46.7 Å². The quantitative estimate of drug-likeness (QED) is 0.0102. The van der Waals surface area contributed by atoms with E-state index in [0.717, 1.165) is 19.3 Å². The second-order valence-corrected chi connectivity index (χ2v) is 17.3. The number of anilines is 1. The van der Waals surface area contributed by atoms with Crippen LogP contribution in [-0.4, -0.2) is 115 Å². The SMILES string of the molecule is CNc1c2oc3cc(OCCCN(C)C)ccc3nc-2c2c3c(c(C)c(O)c2c1=O)O[C@](C)(O/C=C/[C@H](OC)[C@@H](C)[C@@H](OC(C)=O)[C@H](C)[C@H](O)[C@H](C)[C@@H](O)[C@@H](C)/C=C/C=C(/C)C=O)C3=O. The van der Waals surface area contributed by atoms with Crippen LogP contribution in [-0.2, 0) is 23.8 Å². The molecule has 352 valence electrons. The molecule has 0 unspecified atom stereocenters. The fraction of sp³-hybridized carbons (Fsp3) is 0.490. The van der Waals surface area contributed by atoms with Crippen molar-refractivity contribution in [3.8, 4) is 28.7 Å². The lowest BCUT2D eigenvalue weighted by Crippen LogP contribution is -2.46. The van der Waals surface area contributed by atoms with Gasteiger partial charge in [-0.2, -0.15) is 0 Å². The molecule has 2 heterocycles. The Labute approximate surface area is 379 Å².